The van der Waals surface area contributed by atoms with Crippen molar-refractivity contribution in [3.8, 4) is 40.2 Å². The second kappa shape index (κ2) is 59.5. The number of carbonyl (C=O) groups excluding carboxylic acids is 11. The van der Waals surface area contributed by atoms with Crippen molar-refractivity contribution in [2.24, 2.45) is 44.3 Å². The summed E-state index contributed by atoms with van der Waals surface area (Å²) in [6.07, 6.45) is 19.6. The summed E-state index contributed by atoms with van der Waals surface area (Å²) in [7, 11) is 4.56. The Morgan fingerprint density at radius 3 is 1.02 bits per heavy atom. The Morgan fingerprint density at radius 2 is 0.672 bits per heavy atom. The molecule has 6 aromatic rings. The molecule has 1 atom stereocenters. The monoisotopic (exact) mass is 1910 g/mol. The number of hydrogen-bond donors (Lipinski definition) is 15. The van der Waals surface area contributed by atoms with Crippen LogP contribution in [0.15, 0.2) is 157 Å². The number of benzene rings is 6. The number of esters is 4. The Hall–Kier alpha value is -12.5. The summed E-state index contributed by atoms with van der Waals surface area (Å²) in [4.78, 5) is 134. The summed E-state index contributed by atoms with van der Waals surface area (Å²) < 4.78 is 36.2. The van der Waals surface area contributed by atoms with Gasteiger partial charge in [0, 0.05) is 28.9 Å². The van der Waals surface area contributed by atoms with Gasteiger partial charge in [0.25, 0.3) is 0 Å². The molecule has 0 bridgehead atoms. The zero-order valence-electron chi connectivity index (χ0n) is 80.5. The highest BCUT2D eigenvalue weighted by molar-refractivity contribution is 6.12. The highest BCUT2D eigenvalue weighted by atomic mass is 16.6. The minimum atomic E-state index is -2.09. The standard InChI is InChI=1S/C32H38O12.C27H30O8.C26H28O9.C10H20O2.C9H18O2/c1-21-4-5-24(13-28(21)42-3)7-10-26(39)14-25(38)9-6-23-8-11-27(22(2)12-23)44-30(41)32(18-36,19-37)20-43-29(40)31(15-33,16-34)17-35;1-18-12-19(6-10-24(18)34-3)4-8-22(31)14-23(32)9-5-20-7-11-25(21(13-20)15-28)35-26(33)27(2,16-29)17-30;1-17-11-18(6-10-23(17)35-25(33)26(14-27,15-28)16-29)3-7-20(30)13-21(31)8-4-19-5-9-22(32)24(12-19)34-2;1-5-10(6-2,7-11)9(12)8(3)4;1-5-9(4,6-10)8(11)7(2)3/h4-13,33-37H,14-20H2,1-3H3;4-14,28-31H,15-17H2,1-3H3;3-12,27-29,32H,13-16H2,1-2H3;8,11H,5-7H2,1-4H3;7,10H,5-6H2,1-4H3/b9-6+,10-7+;8-4+,9-5+,22-14-;7-3+,8-4+;;. The Balaban J connectivity index is 0.000000624. The van der Waals surface area contributed by atoms with Crippen LogP contribution < -0.4 is 28.4 Å². The van der Waals surface area contributed by atoms with Crippen LogP contribution in [-0.2, 0) is 64.1 Å². The maximum Gasteiger partial charge on any atom is 0.325 e. The fraction of sp³-hybridized carbons (Fsp3) is 0.413. The first-order valence-corrected chi connectivity index (χ1v) is 43.8. The molecule has 15 N–H and O–H groups in total. The van der Waals surface area contributed by atoms with Crippen molar-refractivity contribution >= 4 is 101 Å². The third-order valence-corrected chi connectivity index (χ3v) is 22.4. The van der Waals surface area contributed by atoms with Crippen LogP contribution in [0.25, 0.3) is 36.5 Å². The second-order valence-corrected chi connectivity index (χ2v) is 33.6. The van der Waals surface area contributed by atoms with Crippen LogP contribution in [0.4, 0.5) is 0 Å². The lowest BCUT2D eigenvalue weighted by molar-refractivity contribution is -0.176. The summed E-state index contributed by atoms with van der Waals surface area (Å²) in [5.41, 5.74) is -1.32. The molecule has 0 aliphatic heterocycles. The first kappa shape index (κ1) is 121. The molecule has 0 aliphatic rings. The third kappa shape index (κ3) is 36.9. The molecule has 0 spiro atoms. The number of aliphatic hydroxyl groups excluding tert-OH is 14. The molecule has 0 fully saturated rings. The normalized spacial score (nSPS) is 12.4. The third-order valence-electron chi connectivity index (χ3n) is 22.4. The van der Waals surface area contributed by atoms with Gasteiger partial charge in [-0.25, -0.2) is 0 Å². The van der Waals surface area contributed by atoms with E-state index < -0.39 is 159 Å². The van der Waals surface area contributed by atoms with Gasteiger partial charge in [-0.15, -0.1) is 0 Å². The van der Waals surface area contributed by atoms with Gasteiger partial charge in [-0.1, -0.05) is 134 Å². The number of Topliss-reactive ketones (excluding diaryl/α,β-unsaturated/α-hetero) is 2. The molecule has 137 heavy (non-hydrogen) atoms. The Labute approximate surface area is 798 Å². The summed E-state index contributed by atoms with van der Waals surface area (Å²) in [6.45, 7) is 13.9. The van der Waals surface area contributed by atoms with Crippen molar-refractivity contribution in [2.75, 3.05) is 107 Å². The van der Waals surface area contributed by atoms with Crippen LogP contribution >= 0.6 is 0 Å². The van der Waals surface area contributed by atoms with Gasteiger partial charge in [-0.2, -0.15) is 0 Å². The van der Waals surface area contributed by atoms with E-state index in [9.17, 15) is 124 Å². The number of allylic oxidation sites excluding steroid dienone is 7. The maximum atomic E-state index is 12.9. The zero-order valence-corrected chi connectivity index (χ0v) is 80.5. The average molecular weight is 1910 g/mol. The summed E-state index contributed by atoms with van der Waals surface area (Å²) in [5.74, 6) is -4.09. The first-order chi connectivity index (χ1) is 64.8. The lowest BCUT2D eigenvalue weighted by Crippen LogP contribution is -2.49. The van der Waals surface area contributed by atoms with E-state index in [-0.39, 0.29) is 95.3 Å². The number of phenols is 1. The zero-order chi connectivity index (χ0) is 104. The van der Waals surface area contributed by atoms with E-state index in [0.29, 0.717) is 45.6 Å². The number of ketones is 7. The van der Waals surface area contributed by atoms with E-state index in [2.05, 4.69) is 0 Å². The molecule has 0 radical (unpaired) electrons. The molecule has 0 aliphatic carbocycles. The second-order valence-electron chi connectivity index (χ2n) is 33.6. The molecule has 6 aromatic carbocycles. The van der Waals surface area contributed by atoms with Gasteiger partial charge in [0.2, 0.25) is 0 Å². The number of aliphatic hydroxyl groups is 14. The number of carbonyl (C=O) groups is 11. The summed E-state index contributed by atoms with van der Waals surface area (Å²) in [5, 5.41) is 142. The van der Waals surface area contributed by atoms with Crippen LogP contribution in [0.3, 0.4) is 0 Å². The van der Waals surface area contributed by atoms with Crippen LogP contribution in [0.5, 0.6) is 40.2 Å². The molecule has 33 heteroatoms. The number of methoxy groups -OCH3 is 3. The van der Waals surface area contributed by atoms with E-state index in [1.165, 1.54) is 111 Å². The number of aromatic hydroxyl groups is 1. The number of phenolic OH excluding ortho intramolecular Hbond substituents is 1. The largest absolute Gasteiger partial charge is 0.508 e. The Bertz CT molecular complexity index is 5200. The molecular weight excluding hydrogens is 1780 g/mol. The topological polar surface area (TPSA) is 556 Å². The molecule has 1 unspecified atom stereocenters. The smallest absolute Gasteiger partial charge is 0.325 e. The van der Waals surface area contributed by atoms with Crippen LogP contribution in [-0.4, -0.2) is 248 Å². The van der Waals surface area contributed by atoms with Crippen molar-refractivity contribution in [2.45, 2.75) is 129 Å². The quantitative estimate of drug-likeness (QED) is 0.00422. The number of rotatable bonds is 49. The molecule has 33 nitrogen and oxygen atoms in total. The minimum absolute atomic E-state index is 0.0169. The summed E-state index contributed by atoms with van der Waals surface area (Å²) in [6, 6.07) is 29.4. The molecule has 0 saturated carbocycles. The van der Waals surface area contributed by atoms with Crippen molar-refractivity contribution in [1.29, 1.82) is 0 Å². The molecular formula is C104H134O33. The van der Waals surface area contributed by atoms with Crippen LogP contribution in [0, 0.1) is 72.0 Å². The maximum absolute atomic E-state index is 12.9. The number of hydrogen-bond acceptors (Lipinski definition) is 33. The van der Waals surface area contributed by atoms with Gasteiger partial charge < -0.3 is 110 Å². The fourth-order valence-electron chi connectivity index (χ4n) is 12.2. The van der Waals surface area contributed by atoms with Gasteiger partial charge in [0.1, 0.15) is 74.3 Å². The van der Waals surface area contributed by atoms with E-state index >= 15 is 0 Å². The first-order valence-electron chi connectivity index (χ1n) is 43.8. The number of aryl methyl sites for hydroxylation is 4. The SMILES string of the molecule is CCC(C)(CO)C(=O)C(C)C.CCC(CC)(CO)C(=O)C(C)C.COc1cc(/C=C/C(=O)CC(=O)/C=C/c2ccc(OC(=O)C(CO)(CO)CO)c(C)c2)ccc1O.COc1cc(/C=C/C(=O)CC(=O)/C=C/c2ccc(OC(=O)C(CO)(CO)COC(=O)C(CO)(CO)CO)c(C)c2)ccc1C.COc1ccc(/C=C/C(O)=C/C(=O)/C=C/c2ccc(OC(=O)C(C)(CO)CO)c(CO)c2)cc1C. The van der Waals surface area contributed by atoms with Gasteiger partial charge >= 0.3 is 23.9 Å². The van der Waals surface area contributed by atoms with E-state index in [4.69, 9.17) is 38.3 Å². The lowest BCUT2D eigenvalue weighted by Gasteiger charge is -2.30. The average Bonchev–Trinajstić information content (AvgIpc) is 0.793. The molecule has 0 saturated heterocycles. The van der Waals surface area contributed by atoms with Crippen LogP contribution in [0.2, 0.25) is 0 Å². The molecule has 748 valence electrons. The molecule has 6 rings (SSSR count). The molecule has 0 heterocycles. The van der Waals surface area contributed by atoms with Crippen LogP contribution in [0.1, 0.15) is 156 Å². The number of ether oxygens (including phenoxy) is 7. The van der Waals surface area contributed by atoms with E-state index in [1.807, 2.05) is 99.6 Å². The van der Waals surface area contributed by atoms with Gasteiger partial charge in [-0.3, -0.25) is 52.7 Å². The van der Waals surface area contributed by atoms with Crippen molar-refractivity contribution < 1.29 is 162 Å². The highest BCUT2D eigenvalue weighted by Gasteiger charge is 2.46. The van der Waals surface area contributed by atoms with Gasteiger partial charge in [0.15, 0.2) is 40.4 Å². The lowest BCUT2D eigenvalue weighted by atomic mass is 9.75. The predicted octanol–water partition coefficient (Wildman–Crippen LogP) is 9.54. The van der Waals surface area contributed by atoms with E-state index in [1.54, 1.807) is 82.7 Å². The fourth-order valence-corrected chi connectivity index (χ4v) is 12.2. The Morgan fingerprint density at radius 1 is 0.336 bits per heavy atom. The van der Waals surface area contributed by atoms with Gasteiger partial charge in [-0.05, 0) is 213 Å². The summed E-state index contributed by atoms with van der Waals surface area (Å²) >= 11 is 0. The predicted molar refractivity (Wildman–Crippen MR) is 513 cm³/mol. The van der Waals surface area contributed by atoms with Crippen molar-refractivity contribution in [1.82, 2.24) is 0 Å². The van der Waals surface area contributed by atoms with Crippen molar-refractivity contribution in [3.63, 3.8) is 0 Å². The van der Waals surface area contributed by atoms with Crippen molar-refractivity contribution in [3.05, 3.63) is 219 Å². The van der Waals surface area contributed by atoms with Gasteiger partial charge in [0.05, 0.1) is 125 Å². The minimum Gasteiger partial charge on any atom is -0.508 e. The van der Waals surface area contributed by atoms with E-state index in [0.717, 1.165) is 46.9 Å². The molecule has 0 aromatic heterocycles. The molecule has 0 amide bonds. The highest BCUT2D eigenvalue weighted by Crippen LogP contribution is 2.34. The Kier molecular flexibility index (Phi) is 52.4.